The van der Waals surface area contributed by atoms with E-state index >= 15 is 0 Å². The van der Waals surface area contributed by atoms with E-state index in [1.807, 2.05) is 41.2 Å². The summed E-state index contributed by atoms with van der Waals surface area (Å²) < 4.78 is 1.92. The molecule has 0 radical (unpaired) electrons. The lowest BCUT2D eigenvalue weighted by Crippen LogP contribution is -2.40. The summed E-state index contributed by atoms with van der Waals surface area (Å²) in [5.41, 5.74) is 1.57. The predicted octanol–water partition coefficient (Wildman–Crippen LogP) is 3.33. The van der Waals surface area contributed by atoms with Gasteiger partial charge in [0.05, 0.1) is 11.4 Å². The van der Waals surface area contributed by atoms with Crippen LogP contribution in [0.1, 0.15) is 19.8 Å². The van der Waals surface area contributed by atoms with Crippen LogP contribution >= 0.6 is 11.6 Å². The van der Waals surface area contributed by atoms with Gasteiger partial charge >= 0.3 is 0 Å². The maximum absolute atomic E-state index is 12.6. The lowest BCUT2D eigenvalue weighted by atomic mass is 9.95. The van der Waals surface area contributed by atoms with Crippen LogP contribution in [0, 0.1) is 5.92 Å². The number of likely N-dealkylation sites (tertiary alicyclic amines) is 1. The highest BCUT2D eigenvalue weighted by Crippen LogP contribution is 2.26. The van der Waals surface area contributed by atoms with E-state index in [0.717, 1.165) is 11.4 Å². The number of rotatable bonds is 3. The van der Waals surface area contributed by atoms with E-state index in [4.69, 9.17) is 11.6 Å². The van der Waals surface area contributed by atoms with Crippen LogP contribution in [0.3, 0.4) is 0 Å². The number of benzene rings is 1. The second kappa shape index (κ2) is 7.09. The highest BCUT2D eigenvalue weighted by Gasteiger charge is 2.26. The van der Waals surface area contributed by atoms with Gasteiger partial charge in [0.25, 0.3) is 0 Å². The van der Waals surface area contributed by atoms with Gasteiger partial charge in [-0.25, -0.2) is 0 Å². The molecule has 0 saturated carbocycles. The molecule has 0 bridgehead atoms. The Morgan fingerprint density at radius 3 is 2.46 bits per heavy atom. The van der Waals surface area contributed by atoms with Crippen molar-refractivity contribution in [2.24, 2.45) is 5.92 Å². The number of nitrogens with one attached hydrogen (secondary N) is 1. The zero-order valence-electron chi connectivity index (χ0n) is 13.5. The molecule has 6 heteroatoms. The van der Waals surface area contributed by atoms with Crippen LogP contribution in [0.15, 0.2) is 42.7 Å². The zero-order chi connectivity index (χ0) is 17.1. The van der Waals surface area contributed by atoms with Crippen LogP contribution in [-0.2, 0) is 9.59 Å². The molecule has 1 N–H and O–H groups in total. The molecule has 2 heterocycles. The Balaban J connectivity index is 1.72. The van der Waals surface area contributed by atoms with Gasteiger partial charge in [-0.2, -0.15) is 0 Å². The molecule has 1 fully saturated rings. The van der Waals surface area contributed by atoms with Gasteiger partial charge < -0.3 is 14.8 Å². The molecule has 3 rings (SSSR count). The summed E-state index contributed by atoms with van der Waals surface area (Å²) in [6.07, 6.45) is 5.20. The Hall–Kier alpha value is -2.27. The quantitative estimate of drug-likeness (QED) is 0.927. The first kappa shape index (κ1) is 16.6. The molecule has 1 aromatic heterocycles. The van der Waals surface area contributed by atoms with Gasteiger partial charge in [-0.15, -0.1) is 0 Å². The van der Waals surface area contributed by atoms with Crippen LogP contribution in [0.2, 0.25) is 5.02 Å². The molecule has 0 unspecified atom stereocenters. The number of anilines is 1. The van der Waals surface area contributed by atoms with Crippen LogP contribution in [-0.4, -0.2) is 34.4 Å². The van der Waals surface area contributed by atoms with Gasteiger partial charge in [0.2, 0.25) is 11.8 Å². The van der Waals surface area contributed by atoms with Crippen molar-refractivity contribution in [2.75, 3.05) is 18.4 Å². The Morgan fingerprint density at radius 2 is 1.83 bits per heavy atom. The molecule has 1 saturated heterocycles. The molecular weight excluding hydrogens is 326 g/mol. The SMILES string of the molecule is CC(=O)N1CCC(C(=O)Nc2ccc(Cl)cc2-n2cccc2)CC1. The number of amides is 2. The lowest BCUT2D eigenvalue weighted by Gasteiger charge is -2.30. The van der Waals surface area contributed by atoms with Crippen molar-refractivity contribution in [1.82, 2.24) is 9.47 Å². The fraction of sp³-hybridized carbons (Fsp3) is 0.333. The summed E-state index contributed by atoms with van der Waals surface area (Å²) in [7, 11) is 0. The number of halogens is 1. The monoisotopic (exact) mass is 345 g/mol. The smallest absolute Gasteiger partial charge is 0.227 e. The molecule has 0 spiro atoms. The average molecular weight is 346 g/mol. The van der Waals surface area contributed by atoms with Gasteiger partial charge in [-0.05, 0) is 43.2 Å². The van der Waals surface area contributed by atoms with Gasteiger partial charge in [0.15, 0.2) is 0 Å². The van der Waals surface area contributed by atoms with Crippen molar-refractivity contribution in [3.8, 4) is 5.69 Å². The molecular formula is C18H20ClN3O2. The number of piperidine rings is 1. The van der Waals surface area contributed by atoms with Crippen molar-refractivity contribution in [3.05, 3.63) is 47.7 Å². The summed E-state index contributed by atoms with van der Waals surface area (Å²) >= 11 is 6.10. The Kier molecular flexibility index (Phi) is 4.90. The van der Waals surface area contributed by atoms with Crippen molar-refractivity contribution in [3.63, 3.8) is 0 Å². The largest absolute Gasteiger partial charge is 0.343 e. The molecule has 1 aliphatic rings. The summed E-state index contributed by atoms with van der Waals surface area (Å²) in [6.45, 7) is 2.84. The lowest BCUT2D eigenvalue weighted by molar-refractivity contribution is -0.132. The van der Waals surface area contributed by atoms with E-state index in [-0.39, 0.29) is 17.7 Å². The molecule has 0 aliphatic carbocycles. The Labute approximate surface area is 146 Å². The van der Waals surface area contributed by atoms with Crippen molar-refractivity contribution < 1.29 is 9.59 Å². The minimum Gasteiger partial charge on any atom is -0.343 e. The average Bonchev–Trinajstić information content (AvgIpc) is 3.11. The number of hydrogen-bond acceptors (Lipinski definition) is 2. The number of hydrogen-bond donors (Lipinski definition) is 1. The summed E-state index contributed by atoms with van der Waals surface area (Å²) in [5, 5.41) is 3.64. The van der Waals surface area contributed by atoms with Gasteiger partial charge in [0, 0.05) is 43.3 Å². The van der Waals surface area contributed by atoms with E-state index in [1.165, 1.54) is 0 Å². The Bertz CT molecular complexity index is 735. The first-order valence-electron chi connectivity index (χ1n) is 8.04. The van der Waals surface area contributed by atoms with E-state index in [2.05, 4.69) is 5.32 Å². The third-order valence-electron chi connectivity index (χ3n) is 4.41. The van der Waals surface area contributed by atoms with Crippen molar-refractivity contribution in [2.45, 2.75) is 19.8 Å². The van der Waals surface area contributed by atoms with Gasteiger partial charge in [0.1, 0.15) is 0 Å². The van der Waals surface area contributed by atoms with Crippen LogP contribution in [0.25, 0.3) is 5.69 Å². The van der Waals surface area contributed by atoms with Crippen LogP contribution in [0.5, 0.6) is 0 Å². The minimum absolute atomic E-state index is 0.00562. The second-order valence-corrected chi connectivity index (χ2v) is 6.46. The van der Waals surface area contributed by atoms with E-state index in [9.17, 15) is 9.59 Å². The topological polar surface area (TPSA) is 54.3 Å². The molecule has 0 atom stereocenters. The van der Waals surface area contributed by atoms with Crippen LogP contribution in [0.4, 0.5) is 5.69 Å². The van der Waals surface area contributed by atoms with E-state index < -0.39 is 0 Å². The first-order chi connectivity index (χ1) is 11.5. The maximum Gasteiger partial charge on any atom is 0.227 e. The van der Waals surface area contributed by atoms with E-state index in [0.29, 0.717) is 31.0 Å². The highest BCUT2D eigenvalue weighted by atomic mass is 35.5. The Morgan fingerprint density at radius 1 is 1.17 bits per heavy atom. The maximum atomic E-state index is 12.6. The highest BCUT2D eigenvalue weighted by molar-refractivity contribution is 6.31. The number of carbonyl (C=O) groups excluding carboxylic acids is 2. The van der Waals surface area contributed by atoms with Gasteiger partial charge in [-0.1, -0.05) is 11.6 Å². The number of aromatic nitrogens is 1. The third-order valence-corrected chi connectivity index (χ3v) is 4.65. The van der Waals surface area contributed by atoms with Crippen molar-refractivity contribution >= 4 is 29.1 Å². The first-order valence-corrected chi connectivity index (χ1v) is 8.41. The molecule has 24 heavy (non-hydrogen) atoms. The van der Waals surface area contributed by atoms with Gasteiger partial charge in [-0.3, -0.25) is 9.59 Å². The third kappa shape index (κ3) is 3.62. The molecule has 1 aromatic carbocycles. The zero-order valence-corrected chi connectivity index (χ0v) is 14.3. The fourth-order valence-corrected chi connectivity index (χ4v) is 3.18. The number of nitrogens with zero attached hydrogens (tertiary/aromatic N) is 2. The molecule has 5 nitrogen and oxygen atoms in total. The predicted molar refractivity (Wildman–Crippen MR) is 94.4 cm³/mol. The summed E-state index contributed by atoms with van der Waals surface area (Å²) in [4.78, 5) is 25.8. The second-order valence-electron chi connectivity index (χ2n) is 6.02. The molecule has 1 aliphatic heterocycles. The normalized spacial score (nSPS) is 15.3. The van der Waals surface area contributed by atoms with Crippen LogP contribution < -0.4 is 5.32 Å². The standard InChI is InChI=1S/C18H20ClN3O2/c1-13(23)21-10-6-14(7-11-21)18(24)20-16-5-4-15(19)12-17(16)22-8-2-3-9-22/h2-5,8-9,12,14H,6-7,10-11H2,1H3,(H,20,24). The minimum atomic E-state index is -0.0752. The number of carbonyl (C=O) groups is 2. The molecule has 126 valence electrons. The van der Waals surface area contributed by atoms with E-state index in [1.54, 1.807) is 17.9 Å². The summed E-state index contributed by atoms with van der Waals surface area (Å²) in [6, 6.07) is 9.26. The summed E-state index contributed by atoms with van der Waals surface area (Å²) in [5.74, 6) is -0.0100. The molecule has 2 amide bonds. The van der Waals surface area contributed by atoms with Crippen molar-refractivity contribution in [1.29, 1.82) is 0 Å². The fourth-order valence-electron chi connectivity index (χ4n) is 3.01. The molecule has 2 aromatic rings.